The van der Waals surface area contributed by atoms with Crippen LogP contribution in [-0.2, 0) is 23.2 Å². The van der Waals surface area contributed by atoms with Crippen LogP contribution in [0.4, 0.5) is 0 Å². The third kappa shape index (κ3) is 3.72. The third-order valence-corrected chi connectivity index (χ3v) is 10.9. The zero-order valence-corrected chi connectivity index (χ0v) is 24.1. The molecule has 38 heavy (non-hydrogen) atoms. The van der Waals surface area contributed by atoms with E-state index < -0.39 is 0 Å². The van der Waals surface area contributed by atoms with Gasteiger partial charge >= 0.3 is 0 Å². The first-order chi connectivity index (χ1) is 18.2. The highest BCUT2D eigenvalue weighted by Gasteiger charge is 2.52. The number of hydrogen-bond donors (Lipinski definition) is 0. The highest BCUT2D eigenvalue weighted by molar-refractivity contribution is 7.15. The van der Waals surface area contributed by atoms with Gasteiger partial charge in [0.15, 0.2) is 5.82 Å². The van der Waals surface area contributed by atoms with Crippen LogP contribution < -0.4 is 0 Å². The predicted octanol–water partition coefficient (Wildman–Crippen LogP) is 6.27. The van der Waals surface area contributed by atoms with Gasteiger partial charge in [-0.3, -0.25) is 14.4 Å². The average molecular weight is 548 g/mol. The lowest BCUT2D eigenvalue weighted by atomic mass is 9.75. The first kappa shape index (κ1) is 24.5. The summed E-state index contributed by atoms with van der Waals surface area (Å²) in [4.78, 5) is 22.6. The Morgan fingerprint density at radius 1 is 1.11 bits per heavy atom. The minimum atomic E-state index is -0.343. The van der Waals surface area contributed by atoms with E-state index in [9.17, 15) is 4.79 Å². The molecule has 198 valence electrons. The van der Waals surface area contributed by atoms with Crippen LogP contribution in [0.25, 0.3) is 5.00 Å². The zero-order valence-electron chi connectivity index (χ0n) is 22.6. The van der Waals surface area contributed by atoms with E-state index in [-0.39, 0.29) is 17.4 Å². The van der Waals surface area contributed by atoms with Crippen LogP contribution in [0.3, 0.4) is 0 Å². The van der Waals surface area contributed by atoms with Gasteiger partial charge in [-0.05, 0) is 75.3 Å². The normalized spacial score (nSPS) is 22.9. The number of aryl methyl sites for hydroxylation is 1. The average Bonchev–Trinajstić information content (AvgIpc) is 3.23. The summed E-state index contributed by atoms with van der Waals surface area (Å²) in [5.41, 5.74) is 4.34. The van der Waals surface area contributed by atoms with Crippen molar-refractivity contribution in [3.8, 4) is 5.00 Å². The second-order valence-electron chi connectivity index (χ2n) is 12.5. The fraction of sp³-hybridized carbons (Fsp3) is 0.533. The molecule has 0 radical (unpaired) electrons. The number of hydrogen-bond acceptors (Lipinski definition) is 5. The summed E-state index contributed by atoms with van der Waals surface area (Å²) in [6.45, 7) is 6.71. The van der Waals surface area contributed by atoms with Crippen molar-refractivity contribution in [2.75, 3.05) is 7.05 Å². The minimum absolute atomic E-state index is 0.0198. The molecule has 1 atom stereocenters. The molecule has 1 aliphatic heterocycles. The maximum Gasteiger partial charge on any atom is 0.226 e. The Kier molecular flexibility index (Phi) is 5.48. The summed E-state index contributed by atoms with van der Waals surface area (Å²) in [6.07, 6.45) is 8.00. The molecule has 3 aromatic rings. The molecule has 0 saturated heterocycles. The Labute approximate surface area is 233 Å². The predicted molar refractivity (Wildman–Crippen MR) is 152 cm³/mol. The molecule has 8 heteroatoms. The van der Waals surface area contributed by atoms with Gasteiger partial charge in [0.1, 0.15) is 16.4 Å². The number of fused-ring (bicyclic) bond motifs is 6. The van der Waals surface area contributed by atoms with E-state index in [2.05, 4.69) is 39.6 Å². The van der Waals surface area contributed by atoms with Crippen molar-refractivity contribution in [1.29, 1.82) is 0 Å². The van der Waals surface area contributed by atoms with Crippen molar-refractivity contribution in [1.82, 2.24) is 19.7 Å². The van der Waals surface area contributed by atoms with Crippen LogP contribution in [0.1, 0.15) is 85.6 Å². The quantitative estimate of drug-likeness (QED) is 0.388. The summed E-state index contributed by atoms with van der Waals surface area (Å²) >= 11 is 8.57. The van der Waals surface area contributed by atoms with Crippen LogP contribution in [0, 0.1) is 18.3 Å². The number of halogens is 1. The van der Waals surface area contributed by atoms with Crippen LogP contribution in [0.15, 0.2) is 29.3 Å². The number of aliphatic imine (C=N–C) groups is 1. The molecule has 2 saturated carbocycles. The summed E-state index contributed by atoms with van der Waals surface area (Å²) in [5, 5.41) is 10.9. The Bertz CT molecular complexity index is 1490. The van der Waals surface area contributed by atoms with Gasteiger partial charge < -0.3 is 4.90 Å². The Hall–Kier alpha value is -2.51. The number of nitrogens with zero attached hydrogens (tertiary/aromatic N) is 5. The molecule has 3 heterocycles. The lowest BCUT2D eigenvalue weighted by Gasteiger charge is -2.39. The molecule has 2 aromatic heterocycles. The molecule has 4 aliphatic rings. The number of thiophene rings is 1. The van der Waals surface area contributed by atoms with Gasteiger partial charge in [0, 0.05) is 40.0 Å². The van der Waals surface area contributed by atoms with E-state index in [0.29, 0.717) is 16.5 Å². The van der Waals surface area contributed by atoms with E-state index in [4.69, 9.17) is 16.6 Å². The molecule has 0 unspecified atom stereocenters. The third-order valence-electron chi connectivity index (χ3n) is 9.37. The van der Waals surface area contributed by atoms with Crippen molar-refractivity contribution in [2.45, 2.75) is 83.7 Å². The fourth-order valence-corrected chi connectivity index (χ4v) is 8.45. The molecular formula is C30H34ClN5OS. The second-order valence-corrected chi connectivity index (χ2v) is 14.0. The number of carbonyl (C=O) groups excluding carboxylic acids is 1. The largest absolute Gasteiger partial charge is 0.343 e. The first-order valence-electron chi connectivity index (χ1n) is 13.9. The number of benzene rings is 1. The van der Waals surface area contributed by atoms with E-state index in [1.165, 1.54) is 23.3 Å². The Balaban J connectivity index is 1.28. The van der Waals surface area contributed by atoms with Gasteiger partial charge in [0.25, 0.3) is 0 Å². The van der Waals surface area contributed by atoms with Crippen molar-refractivity contribution in [2.24, 2.45) is 16.3 Å². The van der Waals surface area contributed by atoms with Gasteiger partial charge in [-0.2, -0.15) is 0 Å². The summed E-state index contributed by atoms with van der Waals surface area (Å²) in [6, 6.07) is 8.35. The lowest BCUT2D eigenvalue weighted by Crippen LogP contribution is -2.43. The Morgan fingerprint density at radius 2 is 1.84 bits per heavy atom. The monoisotopic (exact) mass is 547 g/mol. The highest BCUT2D eigenvalue weighted by atomic mass is 35.5. The zero-order chi connectivity index (χ0) is 26.4. The van der Waals surface area contributed by atoms with Crippen LogP contribution >= 0.6 is 22.9 Å². The molecule has 3 aliphatic carbocycles. The second kappa shape index (κ2) is 8.49. The maximum atomic E-state index is 13.8. The van der Waals surface area contributed by atoms with Crippen LogP contribution in [0.5, 0.6) is 0 Å². The van der Waals surface area contributed by atoms with Crippen molar-refractivity contribution in [3.63, 3.8) is 0 Å². The molecule has 7 rings (SSSR count). The van der Waals surface area contributed by atoms with Crippen LogP contribution in [-0.4, -0.2) is 44.4 Å². The minimum Gasteiger partial charge on any atom is -0.343 e. The van der Waals surface area contributed by atoms with E-state index in [1.54, 1.807) is 11.3 Å². The maximum absolute atomic E-state index is 13.8. The molecule has 0 bridgehead atoms. The van der Waals surface area contributed by atoms with Gasteiger partial charge in [0.05, 0.1) is 5.71 Å². The molecule has 1 spiro atoms. The van der Waals surface area contributed by atoms with Crippen molar-refractivity contribution in [3.05, 3.63) is 62.5 Å². The summed E-state index contributed by atoms with van der Waals surface area (Å²) in [7, 11) is 2.03. The van der Waals surface area contributed by atoms with Gasteiger partial charge in [-0.25, -0.2) is 0 Å². The van der Waals surface area contributed by atoms with Gasteiger partial charge in [-0.1, -0.05) is 43.6 Å². The van der Waals surface area contributed by atoms with Crippen LogP contribution in [0.2, 0.25) is 5.02 Å². The molecular weight excluding hydrogens is 514 g/mol. The lowest BCUT2D eigenvalue weighted by molar-refractivity contribution is -0.137. The Morgan fingerprint density at radius 3 is 2.55 bits per heavy atom. The summed E-state index contributed by atoms with van der Waals surface area (Å²) < 4.78 is 2.23. The van der Waals surface area contributed by atoms with Crippen molar-refractivity contribution < 1.29 is 4.79 Å². The molecule has 1 amide bonds. The topological polar surface area (TPSA) is 63.4 Å². The SMILES string of the molecule is Cc1nnc2n1-c1sc3c(c1C(c1ccccc1Cl)=NC21CC1)C[C@H](C(=O)N(C)C1CCC(C)(C)CC1)C3. The van der Waals surface area contributed by atoms with E-state index >= 15 is 0 Å². The van der Waals surface area contributed by atoms with E-state index in [1.807, 2.05) is 32.2 Å². The first-order valence-corrected chi connectivity index (χ1v) is 15.1. The number of carbonyl (C=O) groups is 1. The molecule has 1 aromatic carbocycles. The number of aromatic nitrogens is 3. The number of rotatable bonds is 3. The van der Waals surface area contributed by atoms with Gasteiger partial charge in [0.2, 0.25) is 5.91 Å². The number of amides is 1. The van der Waals surface area contributed by atoms with Gasteiger partial charge in [-0.15, -0.1) is 21.5 Å². The molecule has 6 nitrogen and oxygen atoms in total. The standard InChI is InChI=1S/C30H34ClN5OS/c1-17-33-34-28-30(13-14-30)32-25(20-7-5-6-8-22(20)31)24-21-15-18(16-23(21)38-27(24)36(17)28)26(37)35(4)19-9-11-29(2,3)12-10-19/h5-8,18-19H,9-16H2,1-4H3/t18-/m0/s1. The highest BCUT2D eigenvalue weighted by Crippen LogP contribution is 2.54. The smallest absolute Gasteiger partial charge is 0.226 e. The van der Waals surface area contributed by atoms with E-state index in [0.717, 1.165) is 72.0 Å². The molecule has 2 fully saturated rings. The molecule has 0 N–H and O–H groups in total. The fourth-order valence-electron chi connectivity index (χ4n) is 6.77. The van der Waals surface area contributed by atoms with Crippen molar-refractivity contribution >= 4 is 34.6 Å². The summed E-state index contributed by atoms with van der Waals surface area (Å²) in [5.74, 6) is 2.09.